The number of nitrogens with zero attached hydrogens (tertiary/aromatic N) is 3. The van der Waals surface area contributed by atoms with Gasteiger partial charge in [0.25, 0.3) is 0 Å². The molecule has 98 valence electrons. The van der Waals surface area contributed by atoms with Gasteiger partial charge in [-0.25, -0.2) is 0 Å². The van der Waals surface area contributed by atoms with E-state index in [1.807, 2.05) is 12.1 Å². The number of nitrogens with one attached hydrogen (secondary N) is 1. The van der Waals surface area contributed by atoms with Crippen LogP contribution in [0.5, 0.6) is 0 Å². The molecule has 2 heterocycles. The fourth-order valence-corrected chi connectivity index (χ4v) is 1.80. The van der Waals surface area contributed by atoms with Crippen LogP contribution in [0.1, 0.15) is 0 Å². The summed E-state index contributed by atoms with van der Waals surface area (Å²) in [6.07, 6.45) is 3.92. The predicted molar refractivity (Wildman–Crippen MR) is 72.7 cm³/mol. The van der Waals surface area contributed by atoms with E-state index in [0.29, 0.717) is 29.4 Å². The van der Waals surface area contributed by atoms with Gasteiger partial charge in [0.2, 0.25) is 18.2 Å². The first-order valence-corrected chi connectivity index (χ1v) is 5.92. The summed E-state index contributed by atoms with van der Waals surface area (Å²) in [5, 5.41) is 10.6. The molecule has 6 heteroatoms. The number of aromatic nitrogens is 3. The zero-order valence-electron chi connectivity index (χ0n) is 10.4. The minimum atomic E-state index is 0.349. The average molecular weight is 266 g/mol. The van der Waals surface area contributed by atoms with Gasteiger partial charge in [0.1, 0.15) is 0 Å². The molecule has 0 saturated heterocycles. The monoisotopic (exact) mass is 266 g/mol. The lowest BCUT2D eigenvalue weighted by Gasteiger charge is -2.03. The second-order valence-electron chi connectivity index (χ2n) is 3.96. The van der Waals surface area contributed by atoms with Gasteiger partial charge in [0.15, 0.2) is 0 Å². The number of carbonyl (C=O) groups is 1. The highest BCUT2D eigenvalue weighted by molar-refractivity contribution is 5.82. The van der Waals surface area contributed by atoms with Crippen molar-refractivity contribution < 1.29 is 9.21 Å². The van der Waals surface area contributed by atoms with E-state index in [-0.39, 0.29) is 0 Å². The van der Waals surface area contributed by atoms with Gasteiger partial charge in [-0.2, -0.15) is 0 Å². The molecule has 0 radical (unpaired) electrons. The van der Waals surface area contributed by atoms with Gasteiger partial charge in [0.05, 0.1) is 11.3 Å². The highest BCUT2D eigenvalue weighted by Gasteiger charge is 2.13. The number of hydrogen-bond acceptors (Lipinski definition) is 5. The number of rotatable bonds is 4. The molecule has 0 aliphatic carbocycles. The molecule has 0 aliphatic rings. The number of carbonyl (C=O) groups excluding carboxylic acids is 1. The van der Waals surface area contributed by atoms with Gasteiger partial charge in [0, 0.05) is 18.0 Å². The summed E-state index contributed by atoms with van der Waals surface area (Å²) >= 11 is 0. The van der Waals surface area contributed by atoms with E-state index in [1.165, 1.54) is 0 Å². The third-order valence-electron chi connectivity index (χ3n) is 2.72. The SMILES string of the molecule is O=CNc1ccccc1-c1nnc(-c2ccncc2)o1. The van der Waals surface area contributed by atoms with Crippen LogP contribution in [0.15, 0.2) is 53.2 Å². The van der Waals surface area contributed by atoms with Crippen molar-refractivity contribution in [2.24, 2.45) is 0 Å². The summed E-state index contributed by atoms with van der Waals surface area (Å²) in [4.78, 5) is 14.5. The predicted octanol–water partition coefficient (Wildman–Crippen LogP) is 2.37. The Morgan fingerprint density at radius 2 is 1.75 bits per heavy atom. The second-order valence-corrected chi connectivity index (χ2v) is 3.96. The maximum Gasteiger partial charge on any atom is 0.250 e. The number of para-hydroxylation sites is 1. The molecule has 3 aromatic rings. The standard InChI is InChI=1S/C14H10N4O2/c19-9-16-12-4-2-1-3-11(12)14-18-17-13(20-14)10-5-7-15-8-6-10/h1-9H,(H,16,19). The summed E-state index contributed by atoms with van der Waals surface area (Å²) < 4.78 is 5.64. The molecule has 0 saturated carbocycles. The van der Waals surface area contributed by atoms with Crippen molar-refractivity contribution >= 4 is 12.1 Å². The molecule has 0 atom stereocenters. The lowest BCUT2D eigenvalue weighted by Crippen LogP contribution is -1.95. The fraction of sp³-hybridized carbons (Fsp3) is 0. The van der Waals surface area contributed by atoms with E-state index < -0.39 is 0 Å². The molecule has 6 nitrogen and oxygen atoms in total. The molecule has 3 rings (SSSR count). The average Bonchev–Trinajstić information content (AvgIpc) is 2.99. The highest BCUT2D eigenvalue weighted by Crippen LogP contribution is 2.28. The van der Waals surface area contributed by atoms with Crippen LogP contribution in [0.4, 0.5) is 5.69 Å². The van der Waals surface area contributed by atoms with E-state index in [4.69, 9.17) is 4.42 Å². The summed E-state index contributed by atoms with van der Waals surface area (Å²) in [6.45, 7) is 0. The van der Waals surface area contributed by atoms with Crippen LogP contribution in [0, 0.1) is 0 Å². The van der Waals surface area contributed by atoms with Crippen LogP contribution in [0.2, 0.25) is 0 Å². The molecular weight excluding hydrogens is 256 g/mol. The van der Waals surface area contributed by atoms with Gasteiger partial charge in [-0.05, 0) is 24.3 Å². The lowest BCUT2D eigenvalue weighted by molar-refractivity contribution is -0.105. The maximum atomic E-state index is 10.6. The number of anilines is 1. The first kappa shape index (κ1) is 12.0. The molecule has 0 unspecified atom stereocenters. The van der Waals surface area contributed by atoms with Gasteiger partial charge in [-0.15, -0.1) is 10.2 Å². The smallest absolute Gasteiger partial charge is 0.250 e. The molecule has 1 amide bonds. The first-order valence-electron chi connectivity index (χ1n) is 5.92. The Hall–Kier alpha value is -3.02. The van der Waals surface area contributed by atoms with Crippen LogP contribution in [-0.4, -0.2) is 21.6 Å². The van der Waals surface area contributed by atoms with E-state index in [1.54, 1.807) is 36.7 Å². The quantitative estimate of drug-likeness (QED) is 0.733. The van der Waals surface area contributed by atoms with E-state index in [9.17, 15) is 4.79 Å². The van der Waals surface area contributed by atoms with Crippen LogP contribution in [0.25, 0.3) is 22.9 Å². The van der Waals surface area contributed by atoms with Gasteiger partial charge in [-0.1, -0.05) is 12.1 Å². The van der Waals surface area contributed by atoms with Gasteiger partial charge < -0.3 is 9.73 Å². The summed E-state index contributed by atoms with van der Waals surface area (Å²) in [5.41, 5.74) is 2.08. The van der Waals surface area contributed by atoms with Crippen molar-refractivity contribution in [2.45, 2.75) is 0 Å². The van der Waals surface area contributed by atoms with E-state index in [0.717, 1.165) is 5.56 Å². The number of hydrogen-bond donors (Lipinski definition) is 1. The molecular formula is C14H10N4O2. The molecule has 0 aliphatic heterocycles. The number of pyridine rings is 1. The molecule has 1 N–H and O–H groups in total. The Labute approximate surface area is 114 Å². The molecule has 2 aromatic heterocycles. The zero-order chi connectivity index (χ0) is 13.8. The van der Waals surface area contributed by atoms with Crippen molar-refractivity contribution in [3.05, 3.63) is 48.8 Å². The maximum absolute atomic E-state index is 10.6. The van der Waals surface area contributed by atoms with Crippen LogP contribution < -0.4 is 5.32 Å². The Kier molecular flexibility index (Phi) is 3.20. The Morgan fingerprint density at radius 3 is 2.55 bits per heavy atom. The fourth-order valence-electron chi connectivity index (χ4n) is 1.80. The first-order chi connectivity index (χ1) is 9.88. The molecule has 0 bridgehead atoms. The summed E-state index contributed by atoms with van der Waals surface area (Å²) in [5.74, 6) is 0.755. The Balaban J connectivity index is 2.00. The minimum Gasteiger partial charge on any atom is -0.416 e. The third-order valence-corrected chi connectivity index (χ3v) is 2.72. The van der Waals surface area contributed by atoms with Crippen molar-refractivity contribution in [1.29, 1.82) is 0 Å². The van der Waals surface area contributed by atoms with E-state index in [2.05, 4.69) is 20.5 Å². The van der Waals surface area contributed by atoms with Crippen molar-refractivity contribution in [2.75, 3.05) is 5.32 Å². The Morgan fingerprint density at radius 1 is 1.00 bits per heavy atom. The molecule has 1 aromatic carbocycles. The van der Waals surface area contributed by atoms with Gasteiger partial charge >= 0.3 is 0 Å². The highest BCUT2D eigenvalue weighted by atomic mass is 16.4. The summed E-state index contributed by atoms with van der Waals surface area (Å²) in [6, 6.07) is 10.8. The van der Waals surface area contributed by atoms with Gasteiger partial charge in [-0.3, -0.25) is 9.78 Å². The minimum absolute atomic E-state index is 0.349. The molecule has 0 spiro atoms. The van der Waals surface area contributed by atoms with Crippen molar-refractivity contribution in [3.63, 3.8) is 0 Å². The van der Waals surface area contributed by atoms with Crippen LogP contribution >= 0.6 is 0 Å². The van der Waals surface area contributed by atoms with Crippen LogP contribution in [-0.2, 0) is 4.79 Å². The Bertz CT molecular complexity index is 725. The summed E-state index contributed by atoms with van der Waals surface area (Å²) in [7, 11) is 0. The van der Waals surface area contributed by atoms with Crippen LogP contribution in [0.3, 0.4) is 0 Å². The van der Waals surface area contributed by atoms with Crippen molar-refractivity contribution in [1.82, 2.24) is 15.2 Å². The molecule has 20 heavy (non-hydrogen) atoms. The largest absolute Gasteiger partial charge is 0.416 e. The normalized spacial score (nSPS) is 10.2. The lowest BCUT2D eigenvalue weighted by atomic mass is 10.2. The second kappa shape index (κ2) is 5.31. The third kappa shape index (κ3) is 2.26. The number of amides is 1. The number of benzene rings is 1. The molecule has 0 fully saturated rings. The van der Waals surface area contributed by atoms with E-state index >= 15 is 0 Å². The zero-order valence-corrected chi connectivity index (χ0v) is 10.4. The topological polar surface area (TPSA) is 80.9 Å². The van der Waals surface area contributed by atoms with Crippen molar-refractivity contribution in [3.8, 4) is 22.9 Å².